The van der Waals surface area contributed by atoms with Crippen molar-refractivity contribution in [3.63, 3.8) is 0 Å². The molecule has 0 aromatic carbocycles. The summed E-state index contributed by atoms with van der Waals surface area (Å²) in [5.41, 5.74) is 1.21. The van der Waals surface area contributed by atoms with E-state index in [1.165, 1.54) is 18.4 Å². The van der Waals surface area contributed by atoms with Gasteiger partial charge in [-0.3, -0.25) is 0 Å². The standard InChI is InChI=1S/C18H32N4OS/c1-15(17-5-8-21(4)9-6-17)19-18(23)22(11-10-20(2)3)13-16-7-12-24-14-16/h7,12,14-15,17H,5-6,8-11,13H2,1-4H3,(H,19,23)/t15-/m1/s1. The van der Waals surface area contributed by atoms with Crippen molar-refractivity contribution in [3.05, 3.63) is 22.4 Å². The van der Waals surface area contributed by atoms with E-state index in [0.29, 0.717) is 12.5 Å². The number of likely N-dealkylation sites (N-methyl/N-ethyl adjacent to an activating group) is 1. The second-order valence-electron chi connectivity index (χ2n) is 7.24. The molecular weight excluding hydrogens is 320 g/mol. The highest BCUT2D eigenvalue weighted by Gasteiger charge is 2.25. The molecule has 1 aromatic rings. The van der Waals surface area contributed by atoms with Gasteiger partial charge in [0, 0.05) is 25.7 Å². The first-order valence-electron chi connectivity index (χ1n) is 8.85. The van der Waals surface area contributed by atoms with Crippen LogP contribution in [0.3, 0.4) is 0 Å². The minimum atomic E-state index is 0.0643. The number of nitrogens with one attached hydrogen (secondary N) is 1. The van der Waals surface area contributed by atoms with Crippen LogP contribution in [0.1, 0.15) is 25.3 Å². The average molecular weight is 353 g/mol. The van der Waals surface area contributed by atoms with Gasteiger partial charge < -0.3 is 20.0 Å². The maximum absolute atomic E-state index is 12.8. The highest BCUT2D eigenvalue weighted by Crippen LogP contribution is 2.20. The van der Waals surface area contributed by atoms with E-state index in [4.69, 9.17) is 0 Å². The number of hydrogen-bond acceptors (Lipinski definition) is 4. The molecule has 0 radical (unpaired) electrons. The molecule has 5 nitrogen and oxygen atoms in total. The first kappa shape index (κ1) is 19.2. The summed E-state index contributed by atoms with van der Waals surface area (Å²) >= 11 is 1.68. The Kier molecular flexibility index (Phi) is 7.52. The minimum Gasteiger partial charge on any atom is -0.335 e. The van der Waals surface area contributed by atoms with Gasteiger partial charge in [0.05, 0.1) is 0 Å². The number of amides is 2. The lowest BCUT2D eigenvalue weighted by molar-refractivity contribution is 0.164. The summed E-state index contributed by atoms with van der Waals surface area (Å²) in [5, 5.41) is 7.44. The number of piperidine rings is 1. The van der Waals surface area contributed by atoms with E-state index in [0.717, 1.165) is 26.2 Å². The number of thiophene rings is 1. The van der Waals surface area contributed by atoms with Gasteiger partial charge in [-0.2, -0.15) is 11.3 Å². The highest BCUT2D eigenvalue weighted by molar-refractivity contribution is 7.07. The number of carbonyl (C=O) groups excluding carboxylic acids is 1. The first-order valence-corrected chi connectivity index (χ1v) is 9.79. The zero-order valence-corrected chi connectivity index (χ0v) is 16.3. The van der Waals surface area contributed by atoms with Gasteiger partial charge in [-0.15, -0.1) is 0 Å². The Morgan fingerprint density at radius 3 is 2.67 bits per heavy atom. The Balaban J connectivity index is 1.90. The van der Waals surface area contributed by atoms with Crippen molar-refractivity contribution in [2.75, 3.05) is 47.3 Å². The lowest BCUT2D eigenvalue weighted by atomic mass is 9.90. The van der Waals surface area contributed by atoms with Gasteiger partial charge in [0.15, 0.2) is 0 Å². The number of hydrogen-bond donors (Lipinski definition) is 1. The fraction of sp³-hybridized carbons (Fsp3) is 0.722. The molecule has 1 saturated heterocycles. The Morgan fingerprint density at radius 1 is 1.38 bits per heavy atom. The fourth-order valence-electron chi connectivity index (χ4n) is 3.11. The number of likely N-dealkylation sites (tertiary alicyclic amines) is 1. The molecule has 0 spiro atoms. The first-order chi connectivity index (χ1) is 11.5. The number of rotatable bonds is 7. The van der Waals surface area contributed by atoms with Gasteiger partial charge in [0.25, 0.3) is 0 Å². The van der Waals surface area contributed by atoms with Crippen LogP contribution in [-0.2, 0) is 6.54 Å². The fourth-order valence-corrected chi connectivity index (χ4v) is 3.77. The molecule has 6 heteroatoms. The predicted octanol–water partition coefficient (Wildman–Crippen LogP) is 2.55. The molecule has 2 rings (SSSR count). The average Bonchev–Trinajstić information content (AvgIpc) is 3.04. The van der Waals surface area contributed by atoms with Crippen LogP contribution < -0.4 is 5.32 Å². The smallest absolute Gasteiger partial charge is 0.317 e. The summed E-state index contributed by atoms with van der Waals surface area (Å²) < 4.78 is 0. The molecular formula is C18H32N4OS. The molecule has 0 bridgehead atoms. The quantitative estimate of drug-likeness (QED) is 0.820. The Bertz CT molecular complexity index is 483. The predicted molar refractivity (Wildman–Crippen MR) is 101 cm³/mol. The molecule has 2 heterocycles. The highest BCUT2D eigenvalue weighted by atomic mass is 32.1. The van der Waals surface area contributed by atoms with Crippen LogP contribution in [0.2, 0.25) is 0 Å². The SMILES string of the molecule is C[C@@H](NC(=O)N(CCN(C)C)Cc1ccsc1)C1CCN(C)CC1. The van der Waals surface area contributed by atoms with E-state index in [9.17, 15) is 4.79 Å². The van der Waals surface area contributed by atoms with Gasteiger partial charge in [-0.25, -0.2) is 4.79 Å². The van der Waals surface area contributed by atoms with Crippen molar-refractivity contribution in [2.24, 2.45) is 5.92 Å². The maximum Gasteiger partial charge on any atom is 0.317 e. The third kappa shape index (κ3) is 6.07. The van der Waals surface area contributed by atoms with Crippen molar-refractivity contribution in [3.8, 4) is 0 Å². The third-order valence-electron chi connectivity index (χ3n) is 4.88. The van der Waals surface area contributed by atoms with E-state index in [-0.39, 0.29) is 12.1 Å². The maximum atomic E-state index is 12.8. The van der Waals surface area contributed by atoms with Crippen molar-refractivity contribution >= 4 is 17.4 Å². The van der Waals surface area contributed by atoms with Gasteiger partial charge in [0.2, 0.25) is 0 Å². The Hall–Kier alpha value is -1.11. The van der Waals surface area contributed by atoms with Crippen LogP contribution in [0, 0.1) is 5.92 Å². The Morgan fingerprint density at radius 2 is 2.08 bits per heavy atom. The summed E-state index contributed by atoms with van der Waals surface area (Å²) in [5.74, 6) is 0.585. The molecule has 0 aliphatic carbocycles. The summed E-state index contributed by atoms with van der Waals surface area (Å²) in [4.78, 5) is 19.2. The monoisotopic (exact) mass is 352 g/mol. The van der Waals surface area contributed by atoms with E-state index >= 15 is 0 Å². The summed E-state index contributed by atoms with van der Waals surface area (Å²) in [6.45, 7) is 6.72. The third-order valence-corrected chi connectivity index (χ3v) is 5.61. The topological polar surface area (TPSA) is 38.8 Å². The summed E-state index contributed by atoms with van der Waals surface area (Å²) in [6.07, 6.45) is 2.33. The molecule has 1 aliphatic rings. The molecule has 1 aliphatic heterocycles. The molecule has 136 valence electrons. The molecule has 1 fully saturated rings. The van der Waals surface area contributed by atoms with Gasteiger partial charge in [-0.05, 0) is 82.3 Å². The van der Waals surface area contributed by atoms with Crippen LogP contribution >= 0.6 is 11.3 Å². The van der Waals surface area contributed by atoms with Crippen LogP contribution in [0.4, 0.5) is 4.79 Å². The summed E-state index contributed by atoms with van der Waals surface area (Å²) in [6, 6.07) is 2.39. The van der Waals surface area contributed by atoms with Gasteiger partial charge in [0.1, 0.15) is 0 Å². The summed E-state index contributed by atoms with van der Waals surface area (Å²) in [7, 11) is 6.26. The second-order valence-corrected chi connectivity index (χ2v) is 8.02. The van der Waals surface area contributed by atoms with Crippen molar-refractivity contribution in [2.45, 2.75) is 32.4 Å². The number of urea groups is 1. The van der Waals surface area contributed by atoms with Gasteiger partial charge >= 0.3 is 6.03 Å². The van der Waals surface area contributed by atoms with Crippen LogP contribution in [0.5, 0.6) is 0 Å². The minimum absolute atomic E-state index is 0.0643. The van der Waals surface area contributed by atoms with Crippen LogP contribution in [0.25, 0.3) is 0 Å². The van der Waals surface area contributed by atoms with Crippen molar-refractivity contribution in [1.29, 1.82) is 0 Å². The van der Waals surface area contributed by atoms with Crippen LogP contribution in [0.15, 0.2) is 16.8 Å². The van der Waals surface area contributed by atoms with E-state index in [2.05, 4.69) is 45.9 Å². The second kappa shape index (κ2) is 9.39. The van der Waals surface area contributed by atoms with E-state index < -0.39 is 0 Å². The van der Waals surface area contributed by atoms with Crippen molar-refractivity contribution in [1.82, 2.24) is 20.0 Å². The van der Waals surface area contributed by atoms with Crippen LogP contribution in [-0.4, -0.2) is 74.1 Å². The normalized spacial score (nSPS) is 17.9. The lowest BCUT2D eigenvalue weighted by Crippen LogP contribution is -2.49. The number of carbonyl (C=O) groups is 1. The largest absolute Gasteiger partial charge is 0.335 e. The van der Waals surface area contributed by atoms with E-state index in [1.54, 1.807) is 11.3 Å². The van der Waals surface area contributed by atoms with Gasteiger partial charge in [-0.1, -0.05) is 0 Å². The molecule has 24 heavy (non-hydrogen) atoms. The van der Waals surface area contributed by atoms with E-state index in [1.807, 2.05) is 19.0 Å². The Labute approximate surface area is 150 Å². The van der Waals surface area contributed by atoms with Crippen molar-refractivity contribution < 1.29 is 4.79 Å². The molecule has 1 atom stereocenters. The lowest BCUT2D eigenvalue weighted by Gasteiger charge is -2.34. The molecule has 0 unspecified atom stereocenters. The molecule has 1 N–H and O–H groups in total. The molecule has 2 amide bonds. The zero-order chi connectivity index (χ0) is 17.5. The molecule has 1 aromatic heterocycles. The number of nitrogens with zero attached hydrogens (tertiary/aromatic N) is 3. The zero-order valence-electron chi connectivity index (χ0n) is 15.5. The molecule has 0 saturated carbocycles.